The van der Waals surface area contributed by atoms with Crippen molar-refractivity contribution in [2.75, 3.05) is 0 Å². The monoisotopic (exact) mass is 218 g/mol. The third kappa shape index (κ3) is 3.30. The van der Waals surface area contributed by atoms with Crippen molar-refractivity contribution in [3.63, 3.8) is 0 Å². The molecule has 16 heavy (non-hydrogen) atoms. The van der Waals surface area contributed by atoms with Crippen molar-refractivity contribution >= 4 is 11.6 Å². The first-order valence-electron chi connectivity index (χ1n) is 5.65. The molecule has 0 aromatic heterocycles. The van der Waals surface area contributed by atoms with Crippen molar-refractivity contribution < 1.29 is 9.59 Å². The molecule has 0 bridgehead atoms. The minimum absolute atomic E-state index is 0.0742. The molecular weight excluding hydrogens is 200 g/mol. The van der Waals surface area contributed by atoms with Gasteiger partial charge in [-0.15, -0.1) is 0 Å². The van der Waals surface area contributed by atoms with Crippen molar-refractivity contribution in [1.82, 2.24) is 0 Å². The van der Waals surface area contributed by atoms with Crippen LogP contribution in [0.3, 0.4) is 0 Å². The van der Waals surface area contributed by atoms with Crippen molar-refractivity contribution in [3.05, 3.63) is 35.4 Å². The summed E-state index contributed by atoms with van der Waals surface area (Å²) < 4.78 is 0. The van der Waals surface area contributed by atoms with Gasteiger partial charge in [-0.1, -0.05) is 31.2 Å². The summed E-state index contributed by atoms with van der Waals surface area (Å²) >= 11 is 0. The van der Waals surface area contributed by atoms with E-state index in [9.17, 15) is 9.59 Å². The van der Waals surface area contributed by atoms with Gasteiger partial charge in [0.1, 0.15) is 5.78 Å². The van der Waals surface area contributed by atoms with Gasteiger partial charge >= 0.3 is 0 Å². The molecule has 1 rings (SSSR count). The Balaban J connectivity index is 2.75. The van der Waals surface area contributed by atoms with E-state index in [4.69, 9.17) is 0 Å². The predicted octanol–water partition coefficient (Wildman–Crippen LogP) is 3.05. The standard InChI is InChI=1S/C14H18O2/c1-4-13(10(2)15)9-12-5-7-14(8-6-12)11(3)16/h5-8,13H,4,9H2,1-3H3. The largest absolute Gasteiger partial charge is 0.300 e. The summed E-state index contributed by atoms with van der Waals surface area (Å²) in [5.74, 6) is 0.409. The van der Waals surface area contributed by atoms with Crippen LogP contribution in [0.25, 0.3) is 0 Å². The van der Waals surface area contributed by atoms with Gasteiger partial charge in [0.25, 0.3) is 0 Å². The van der Waals surface area contributed by atoms with Gasteiger partial charge in [0.2, 0.25) is 0 Å². The van der Waals surface area contributed by atoms with E-state index < -0.39 is 0 Å². The second-order valence-corrected chi connectivity index (χ2v) is 4.17. The van der Waals surface area contributed by atoms with E-state index in [2.05, 4.69) is 0 Å². The van der Waals surface area contributed by atoms with E-state index in [0.29, 0.717) is 0 Å². The number of ketones is 2. The second-order valence-electron chi connectivity index (χ2n) is 4.17. The molecule has 0 amide bonds. The molecule has 0 radical (unpaired) electrons. The number of Topliss-reactive ketones (excluding diaryl/α,β-unsaturated/α-hetero) is 2. The summed E-state index contributed by atoms with van der Waals surface area (Å²) in [4.78, 5) is 22.4. The molecule has 0 fully saturated rings. The van der Waals surface area contributed by atoms with Crippen LogP contribution in [-0.2, 0) is 11.2 Å². The highest BCUT2D eigenvalue weighted by Gasteiger charge is 2.12. The molecule has 2 nitrogen and oxygen atoms in total. The summed E-state index contributed by atoms with van der Waals surface area (Å²) in [6.45, 7) is 5.22. The van der Waals surface area contributed by atoms with E-state index in [-0.39, 0.29) is 17.5 Å². The molecule has 86 valence electrons. The second kappa shape index (κ2) is 5.59. The zero-order chi connectivity index (χ0) is 12.1. The van der Waals surface area contributed by atoms with Crippen LogP contribution >= 0.6 is 0 Å². The molecule has 1 atom stereocenters. The van der Waals surface area contributed by atoms with Gasteiger partial charge in [-0.05, 0) is 32.3 Å². The fraction of sp³-hybridized carbons (Fsp3) is 0.429. The first-order valence-corrected chi connectivity index (χ1v) is 5.65. The maximum absolute atomic E-state index is 11.3. The van der Waals surface area contributed by atoms with E-state index in [0.717, 1.165) is 24.0 Å². The highest BCUT2D eigenvalue weighted by Crippen LogP contribution is 2.14. The normalized spacial score (nSPS) is 12.2. The molecule has 2 heteroatoms. The average Bonchev–Trinajstić information content (AvgIpc) is 2.26. The number of benzene rings is 1. The van der Waals surface area contributed by atoms with Crippen LogP contribution in [0.15, 0.2) is 24.3 Å². The molecule has 0 spiro atoms. The lowest BCUT2D eigenvalue weighted by molar-refractivity contribution is -0.120. The Labute approximate surface area is 96.7 Å². The smallest absolute Gasteiger partial charge is 0.159 e. The fourth-order valence-electron chi connectivity index (χ4n) is 1.74. The molecule has 0 heterocycles. The van der Waals surface area contributed by atoms with Gasteiger partial charge in [0.05, 0.1) is 0 Å². The Hall–Kier alpha value is -1.44. The molecule has 1 aromatic rings. The Morgan fingerprint density at radius 3 is 2.06 bits per heavy atom. The van der Waals surface area contributed by atoms with Crippen LogP contribution in [0.1, 0.15) is 43.1 Å². The molecular formula is C14H18O2. The molecule has 0 N–H and O–H groups in total. The number of carbonyl (C=O) groups is 2. The minimum atomic E-state index is 0.0742. The first kappa shape index (κ1) is 12.6. The van der Waals surface area contributed by atoms with Crippen molar-refractivity contribution in [2.24, 2.45) is 5.92 Å². The van der Waals surface area contributed by atoms with Gasteiger partial charge in [0, 0.05) is 11.5 Å². The Morgan fingerprint density at radius 2 is 1.69 bits per heavy atom. The summed E-state index contributed by atoms with van der Waals surface area (Å²) in [6.07, 6.45) is 1.63. The van der Waals surface area contributed by atoms with Crippen LogP contribution in [0.5, 0.6) is 0 Å². The van der Waals surface area contributed by atoms with E-state index >= 15 is 0 Å². The Morgan fingerprint density at radius 1 is 1.12 bits per heavy atom. The van der Waals surface area contributed by atoms with Crippen LogP contribution in [0.4, 0.5) is 0 Å². The quantitative estimate of drug-likeness (QED) is 0.712. The number of hydrogen-bond donors (Lipinski definition) is 0. The van der Waals surface area contributed by atoms with Crippen LogP contribution in [0, 0.1) is 5.92 Å². The Kier molecular flexibility index (Phi) is 4.41. The number of hydrogen-bond acceptors (Lipinski definition) is 2. The maximum Gasteiger partial charge on any atom is 0.159 e. The zero-order valence-electron chi connectivity index (χ0n) is 10.1. The molecule has 0 saturated heterocycles. The fourth-order valence-corrected chi connectivity index (χ4v) is 1.74. The van der Waals surface area contributed by atoms with E-state index in [1.165, 1.54) is 0 Å². The van der Waals surface area contributed by atoms with Crippen molar-refractivity contribution in [2.45, 2.75) is 33.6 Å². The van der Waals surface area contributed by atoms with Gasteiger partial charge in [-0.3, -0.25) is 9.59 Å². The van der Waals surface area contributed by atoms with E-state index in [1.54, 1.807) is 13.8 Å². The predicted molar refractivity (Wildman–Crippen MR) is 64.6 cm³/mol. The van der Waals surface area contributed by atoms with Gasteiger partial charge < -0.3 is 0 Å². The third-order valence-electron chi connectivity index (χ3n) is 2.91. The lowest BCUT2D eigenvalue weighted by Crippen LogP contribution is -2.12. The third-order valence-corrected chi connectivity index (χ3v) is 2.91. The zero-order valence-corrected chi connectivity index (χ0v) is 10.1. The van der Waals surface area contributed by atoms with Gasteiger partial charge in [-0.2, -0.15) is 0 Å². The summed E-state index contributed by atoms with van der Waals surface area (Å²) in [5, 5.41) is 0. The topological polar surface area (TPSA) is 34.1 Å². The van der Waals surface area contributed by atoms with E-state index in [1.807, 2.05) is 31.2 Å². The number of rotatable bonds is 5. The average molecular weight is 218 g/mol. The molecule has 1 unspecified atom stereocenters. The summed E-state index contributed by atoms with van der Waals surface area (Å²) in [5.41, 5.74) is 1.84. The van der Waals surface area contributed by atoms with Gasteiger partial charge in [0.15, 0.2) is 5.78 Å². The maximum atomic E-state index is 11.3. The SMILES string of the molecule is CCC(Cc1ccc(C(C)=O)cc1)C(C)=O. The minimum Gasteiger partial charge on any atom is -0.300 e. The molecule has 0 saturated carbocycles. The molecule has 0 aliphatic heterocycles. The van der Waals surface area contributed by atoms with Crippen LogP contribution in [0.2, 0.25) is 0 Å². The van der Waals surface area contributed by atoms with Gasteiger partial charge in [-0.25, -0.2) is 0 Å². The molecule has 0 aliphatic rings. The highest BCUT2D eigenvalue weighted by atomic mass is 16.1. The first-order chi connectivity index (χ1) is 7.54. The van der Waals surface area contributed by atoms with Crippen molar-refractivity contribution in [1.29, 1.82) is 0 Å². The lowest BCUT2D eigenvalue weighted by atomic mass is 9.93. The van der Waals surface area contributed by atoms with Crippen LogP contribution < -0.4 is 0 Å². The van der Waals surface area contributed by atoms with Crippen LogP contribution in [-0.4, -0.2) is 11.6 Å². The number of carbonyl (C=O) groups excluding carboxylic acids is 2. The lowest BCUT2D eigenvalue weighted by Gasteiger charge is -2.11. The summed E-state index contributed by atoms with van der Waals surface area (Å²) in [7, 11) is 0. The Bertz CT molecular complexity index is 376. The highest BCUT2D eigenvalue weighted by molar-refractivity contribution is 5.94. The molecule has 0 aliphatic carbocycles. The molecule has 1 aromatic carbocycles. The van der Waals surface area contributed by atoms with Crippen molar-refractivity contribution in [3.8, 4) is 0 Å². The summed E-state index contributed by atoms with van der Waals surface area (Å²) in [6, 6.07) is 7.51.